The Balaban J connectivity index is 1.23. The van der Waals surface area contributed by atoms with Gasteiger partial charge in [-0.05, 0) is 48.6 Å². The van der Waals surface area contributed by atoms with E-state index in [9.17, 15) is 14.5 Å². The van der Waals surface area contributed by atoms with E-state index in [1.54, 1.807) is 21.0 Å². The fourth-order valence-corrected chi connectivity index (χ4v) is 9.87. The van der Waals surface area contributed by atoms with Gasteiger partial charge in [0.2, 0.25) is 17.7 Å². The van der Waals surface area contributed by atoms with E-state index in [1.165, 1.54) is 30.9 Å². The lowest BCUT2D eigenvalue weighted by Crippen LogP contribution is -2.44. The molecule has 13 nitrogen and oxygen atoms in total. The van der Waals surface area contributed by atoms with Gasteiger partial charge in [-0.15, -0.1) is 6.42 Å². The molecule has 15 heteroatoms. The monoisotopic (exact) mass is 852 g/mol. The quantitative estimate of drug-likeness (QED) is 0.0469. The Hall–Kier alpha value is -5.16. The van der Waals surface area contributed by atoms with Crippen molar-refractivity contribution in [3.05, 3.63) is 108 Å². The van der Waals surface area contributed by atoms with Crippen LogP contribution in [0.25, 0.3) is 11.2 Å². The second-order valence-corrected chi connectivity index (χ2v) is 18.2. The first kappa shape index (κ1) is 43.9. The summed E-state index contributed by atoms with van der Waals surface area (Å²) in [5.41, 5.74) is -0.461. The Morgan fingerprint density at radius 2 is 1.67 bits per heavy atom. The molecule has 0 radical (unpaired) electrons. The van der Waals surface area contributed by atoms with Crippen molar-refractivity contribution in [2.45, 2.75) is 88.6 Å². The molecule has 6 atom stereocenters. The Morgan fingerprint density at radius 1 is 1.05 bits per heavy atom. The molecule has 322 valence electrons. The molecule has 1 unspecified atom stereocenters. The highest BCUT2D eigenvalue weighted by Gasteiger charge is 2.63. The van der Waals surface area contributed by atoms with Gasteiger partial charge in [-0.1, -0.05) is 118 Å². The predicted molar refractivity (Wildman–Crippen MR) is 231 cm³/mol. The molecule has 5 aromatic rings. The lowest BCUT2D eigenvalue weighted by atomic mass is 9.77. The number of aromatic nitrogens is 4. The third-order valence-corrected chi connectivity index (χ3v) is 13.5. The number of fused-ring (bicyclic) bond motifs is 1. The highest BCUT2D eigenvalue weighted by Crippen LogP contribution is 2.52. The number of nitrogens with one attached hydrogen (secondary N) is 2. The normalized spacial score (nSPS) is 23.5. The van der Waals surface area contributed by atoms with Gasteiger partial charge in [0.05, 0.1) is 32.0 Å². The number of aliphatic hydroxyl groups is 1. The number of nitrogens with zero attached hydrogens (tertiary/aromatic N) is 4. The molecule has 1 aliphatic heterocycles. The van der Waals surface area contributed by atoms with Crippen LogP contribution in [0.5, 0.6) is 11.6 Å². The van der Waals surface area contributed by atoms with E-state index in [0.717, 1.165) is 42.4 Å². The Bertz CT molecular complexity index is 2350. The molecule has 0 bridgehead atoms. The average Bonchev–Trinajstić information content (AvgIpc) is 3.79. The Kier molecular flexibility index (Phi) is 13.0. The van der Waals surface area contributed by atoms with Crippen LogP contribution in [0.15, 0.2) is 91.3 Å². The number of halogens is 1. The van der Waals surface area contributed by atoms with E-state index in [-0.39, 0.29) is 35.4 Å². The van der Waals surface area contributed by atoms with Crippen LogP contribution < -0.4 is 19.9 Å². The second kappa shape index (κ2) is 18.1. The van der Waals surface area contributed by atoms with Gasteiger partial charge in [0.25, 0.3) is 7.52 Å². The molecule has 3 N–H and O–H groups in total. The molecule has 2 fully saturated rings. The SMILES string of the molecule is C#C[C@]1(O)[C@H](n2cnc3c(OCC)nc(NC(c4ccccc4)(c4ccccc4)c4ccc(OC)cc4)nc32)O[C@](F)(COP(C)(=O)N[C@@H](C)C(=O)CC2CCCCC2)[C@H]1C. The summed E-state index contributed by atoms with van der Waals surface area (Å²) in [6.45, 7) is 5.47. The number of carbonyl (C=O) groups excluding carboxylic acids is 1. The zero-order valence-electron chi connectivity index (χ0n) is 35.2. The van der Waals surface area contributed by atoms with Crippen molar-refractivity contribution in [1.82, 2.24) is 24.6 Å². The van der Waals surface area contributed by atoms with Crippen molar-refractivity contribution in [2.24, 2.45) is 11.8 Å². The number of ether oxygens (including phenoxy) is 3. The van der Waals surface area contributed by atoms with Crippen molar-refractivity contribution in [1.29, 1.82) is 0 Å². The molecule has 2 aromatic heterocycles. The minimum atomic E-state index is -3.76. The van der Waals surface area contributed by atoms with E-state index < -0.39 is 49.3 Å². The molecule has 1 saturated heterocycles. The number of hydrogen-bond donors (Lipinski definition) is 3. The van der Waals surface area contributed by atoms with Crippen LogP contribution in [-0.4, -0.2) is 74.9 Å². The van der Waals surface area contributed by atoms with Crippen molar-refractivity contribution in [2.75, 3.05) is 32.3 Å². The standard InChI is InChI=1S/C46H54FN6O7P/c1-7-44(55)32(4)45(47,29-59-61(6,56)52-31(3)38(54)28-33-18-12-9-13-19-33)60-42(44)53-30-48-39-40(53)49-43(50-41(39)58-8-2)51-46(34-20-14-10-15-21-34,35-22-16-11-17-23-35)36-24-26-37(57-5)27-25-36/h1,10-11,14-17,20-27,30-33,42,55H,8-9,12-13,18-19,28-29H2,2-6H3,(H,52,56)(H,49,50,51)/t31-,32-,42+,44+,45+,61?/m0/s1. The van der Waals surface area contributed by atoms with Crippen LogP contribution >= 0.6 is 7.52 Å². The van der Waals surface area contributed by atoms with Crippen molar-refractivity contribution < 1.29 is 37.6 Å². The maximum atomic E-state index is 17.2. The minimum Gasteiger partial charge on any atom is -0.497 e. The molecule has 1 aliphatic carbocycles. The number of hydrogen-bond acceptors (Lipinski definition) is 11. The molecule has 0 spiro atoms. The number of anilines is 1. The Morgan fingerprint density at radius 3 is 2.26 bits per heavy atom. The number of ketones is 1. The summed E-state index contributed by atoms with van der Waals surface area (Å²) in [5.74, 6) is -0.671. The average molecular weight is 853 g/mol. The summed E-state index contributed by atoms with van der Waals surface area (Å²) in [6, 6.07) is 26.5. The van der Waals surface area contributed by atoms with E-state index in [0.29, 0.717) is 18.1 Å². The fraction of sp³-hybridized carbons (Fsp3) is 0.435. The predicted octanol–water partition coefficient (Wildman–Crippen LogP) is 8.19. The first-order valence-electron chi connectivity index (χ1n) is 20.8. The van der Waals surface area contributed by atoms with Crippen LogP contribution in [0.2, 0.25) is 0 Å². The Labute approximate surface area is 356 Å². The van der Waals surface area contributed by atoms with Gasteiger partial charge in [-0.2, -0.15) is 9.97 Å². The van der Waals surface area contributed by atoms with Gasteiger partial charge < -0.3 is 29.2 Å². The van der Waals surface area contributed by atoms with E-state index >= 15 is 4.39 Å². The van der Waals surface area contributed by atoms with Crippen molar-refractivity contribution in [3.63, 3.8) is 0 Å². The molecule has 0 amide bonds. The summed E-state index contributed by atoms with van der Waals surface area (Å²) in [6.07, 6.45) is 11.4. The topological polar surface area (TPSA) is 159 Å². The molecule has 2 aliphatic rings. The lowest BCUT2D eigenvalue weighted by Gasteiger charge is -2.37. The van der Waals surface area contributed by atoms with Gasteiger partial charge in [0, 0.05) is 13.1 Å². The molecule has 1 saturated carbocycles. The number of terminal acetylenes is 1. The van der Waals surface area contributed by atoms with Crippen LogP contribution in [-0.2, 0) is 24.2 Å². The summed E-state index contributed by atoms with van der Waals surface area (Å²) >= 11 is 0. The fourth-order valence-electron chi connectivity index (χ4n) is 8.53. The number of methoxy groups -OCH3 is 1. The lowest BCUT2D eigenvalue weighted by molar-refractivity contribution is -0.187. The molecule has 7 rings (SSSR count). The molecule has 61 heavy (non-hydrogen) atoms. The number of rotatable bonds is 17. The molecule has 3 heterocycles. The van der Waals surface area contributed by atoms with E-state index in [4.69, 9.17) is 35.1 Å². The second-order valence-electron chi connectivity index (χ2n) is 16.0. The zero-order valence-corrected chi connectivity index (χ0v) is 36.1. The maximum absolute atomic E-state index is 17.2. The molecule has 3 aromatic carbocycles. The van der Waals surface area contributed by atoms with Gasteiger partial charge in [0.1, 0.15) is 23.7 Å². The summed E-state index contributed by atoms with van der Waals surface area (Å²) in [7, 11) is -2.16. The summed E-state index contributed by atoms with van der Waals surface area (Å²) in [4.78, 5) is 27.3. The molecular formula is C46H54FN6O7P. The third-order valence-electron chi connectivity index (χ3n) is 12.0. The van der Waals surface area contributed by atoms with Crippen LogP contribution in [0, 0.1) is 24.2 Å². The minimum absolute atomic E-state index is 0.0807. The maximum Gasteiger partial charge on any atom is 0.267 e. The van der Waals surface area contributed by atoms with Crippen LogP contribution in [0.4, 0.5) is 10.3 Å². The van der Waals surface area contributed by atoms with Gasteiger partial charge in [0.15, 0.2) is 23.0 Å². The highest BCUT2D eigenvalue weighted by molar-refractivity contribution is 7.56. The first-order chi connectivity index (χ1) is 29.3. The summed E-state index contributed by atoms with van der Waals surface area (Å²) in [5, 5.41) is 18.5. The summed E-state index contributed by atoms with van der Waals surface area (Å²) < 4.78 is 55.4. The smallest absolute Gasteiger partial charge is 0.267 e. The van der Waals surface area contributed by atoms with Crippen LogP contribution in [0.3, 0.4) is 0 Å². The molecular weight excluding hydrogens is 799 g/mol. The number of benzene rings is 3. The van der Waals surface area contributed by atoms with E-state index in [2.05, 4.69) is 21.3 Å². The van der Waals surface area contributed by atoms with Crippen LogP contribution in [0.1, 0.15) is 82.2 Å². The van der Waals surface area contributed by atoms with Gasteiger partial charge in [-0.25, -0.2) is 14.5 Å². The van der Waals surface area contributed by atoms with E-state index in [1.807, 2.05) is 84.9 Å². The largest absolute Gasteiger partial charge is 0.497 e. The number of alkyl halides is 1. The van der Waals surface area contributed by atoms with Gasteiger partial charge >= 0.3 is 0 Å². The third kappa shape index (κ3) is 8.81. The van der Waals surface area contributed by atoms with Crippen molar-refractivity contribution in [3.8, 4) is 24.0 Å². The number of carbonyl (C=O) groups is 1. The number of Topliss-reactive ketones (excluding diaryl/α,β-unsaturated/α-hetero) is 1. The highest BCUT2D eigenvalue weighted by atomic mass is 31.2. The van der Waals surface area contributed by atoms with Crippen molar-refractivity contribution >= 4 is 30.4 Å². The number of imidazole rings is 1. The van der Waals surface area contributed by atoms with Gasteiger partial charge in [-0.3, -0.25) is 13.9 Å². The first-order valence-corrected chi connectivity index (χ1v) is 22.8. The zero-order chi connectivity index (χ0) is 43.4.